The number of aromatic nitrogens is 2. The number of amides is 2. The maximum absolute atomic E-state index is 12.4. The predicted molar refractivity (Wildman–Crippen MR) is 86.8 cm³/mol. The van der Waals surface area contributed by atoms with Crippen LogP contribution in [0.15, 0.2) is 6.07 Å². The van der Waals surface area contributed by atoms with E-state index in [1.54, 1.807) is 0 Å². The first-order valence-electron chi connectivity index (χ1n) is 8.53. The molecule has 0 atom stereocenters. The van der Waals surface area contributed by atoms with Crippen molar-refractivity contribution in [2.75, 3.05) is 19.6 Å². The summed E-state index contributed by atoms with van der Waals surface area (Å²) in [6, 6.07) is 2.06. The third-order valence-corrected chi connectivity index (χ3v) is 5.24. The van der Waals surface area contributed by atoms with Crippen LogP contribution in [0, 0.1) is 19.3 Å². The van der Waals surface area contributed by atoms with Crippen LogP contribution in [-0.4, -0.2) is 46.1 Å². The molecule has 126 valence electrons. The van der Waals surface area contributed by atoms with Crippen molar-refractivity contribution in [1.29, 1.82) is 0 Å². The molecule has 6 heteroatoms. The van der Waals surface area contributed by atoms with Crippen molar-refractivity contribution in [3.8, 4) is 0 Å². The van der Waals surface area contributed by atoms with E-state index in [2.05, 4.69) is 16.5 Å². The smallest absolute Gasteiger partial charge is 0.222 e. The molecule has 6 nitrogen and oxygen atoms in total. The van der Waals surface area contributed by atoms with Crippen LogP contribution in [0.4, 0.5) is 0 Å². The zero-order valence-corrected chi connectivity index (χ0v) is 14.1. The highest BCUT2D eigenvalue weighted by Gasteiger charge is 2.41. The number of likely N-dealkylation sites (tertiary alicyclic amines) is 1. The Balaban J connectivity index is 1.43. The summed E-state index contributed by atoms with van der Waals surface area (Å²) in [5.41, 5.74) is 2.28. The first-order valence-corrected chi connectivity index (χ1v) is 8.53. The Kier molecular flexibility index (Phi) is 4.41. The first-order chi connectivity index (χ1) is 11.0. The summed E-state index contributed by atoms with van der Waals surface area (Å²) in [7, 11) is 0. The minimum atomic E-state index is 0.109. The van der Waals surface area contributed by atoms with Gasteiger partial charge in [0.2, 0.25) is 11.8 Å². The van der Waals surface area contributed by atoms with Gasteiger partial charge in [-0.3, -0.25) is 14.3 Å². The summed E-state index contributed by atoms with van der Waals surface area (Å²) in [6.45, 7) is 7.18. The minimum Gasteiger partial charge on any atom is -0.356 e. The molecule has 0 aliphatic carbocycles. The molecule has 0 saturated carbocycles. The third-order valence-electron chi connectivity index (χ3n) is 5.24. The summed E-state index contributed by atoms with van der Waals surface area (Å²) < 4.78 is 1.98. The van der Waals surface area contributed by atoms with Gasteiger partial charge in [0.15, 0.2) is 0 Å². The standard InChI is InChI=1S/C17H26N4O2/c1-13-10-14(2)21(19-13)7-3-4-16(23)20-8-5-17(6-9-20)11-15(22)18-12-17/h10H,3-9,11-12H2,1-2H3,(H,18,22). The Morgan fingerprint density at radius 1 is 1.35 bits per heavy atom. The molecular weight excluding hydrogens is 292 g/mol. The molecule has 1 spiro atoms. The van der Waals surface area contributed by atoms with Crippen molar-refractivity contribution in [3.63, 3.8) is 0 Å². The van der Waals surface area contributed by atoms with Crippen molar-refractivity contribution < 1.29 is 9.59 Å². The number of piperidine rings is 1. The summed E-state index contributed by atoms with van der Waals surface area (Å²) >= 11 is 0. The zero-order chi connectivity index (χ0) is 16.4. The minimum absolute atomic E-state index is 0.109. The first kappa shape index (κ1) is 16.0. The molecule has 1 aromatic heterocycles. The Hall–Kier alpha value is -1.85. The van der Waals surface area contributed by atoms with E-state index in [0.29, 0.717) is 12.8 Å². The molecule has 3 rings (SSSR count). The fourth-order valence-corrected chi connectivity index (χ4v) is 3.78. The molecule has 23 heavy (non-hydrogen) atoms. The van der Waals surface area contributed by atoms with E-state index in [9.17, 15) is 9.59 Å². The molecule has 2 amide bonds. The summed E-state index contributed by atoms with van der Waals surface area (Å²) in [4.78, 5) is 25.8. The van der Waals surface area contributed by atoms with E-state index in [0.717, 1.165) is 56.8 Å². The molecule has 2 saturated heterocycles. The van der Waals surface area contributed by atoms with Gasteiger partial charge in [-0.2, -0.15) is 5.10 Å². The number of rotatable bonds is 4. The molecule has 0 aromatic carbocycles. The fraction of sp³-hybridized carbons (Fsp3) is 0.706. The van der Waals surface area contributed by atoms with Crippen LogP contribution >= 0.6 is 0 Å². The van der Waals surface area contributed by atoms with E-state index in [1.807, 2.05) is 23.4 Å². The number of carbonyl (C=O) groups excluding carboxylic acids is 2. The van der Waals surface area contributed by atoms with Crippen molar-refractivity contribution in [1.82, 2.24) is 20.0 Å². The molecule has 2 aliphatic heterocycles. The summed E-state index contributed by atoms with van der Waals surface area (Å²) in [5, 5.41) is 7.36. The monoisotopic (exact) mass is 318 g/mol. The molecule has 1 aromatic rings. The molecule has 2 aliphatic rings. The number of nitrogens with one attached hydrogen (secondary N) is 1. The van der Waals surface area contributed by atoms with Crippen LogP contribution < -0.4 is 5.32 Å². The molecule has 3 heterocycles. The van der Waals surface area contributed by atoms with Gasteiger partial charge in [-0.25, -0.2) is 0 Å². The second kappa shape index (κ2) is 6.34. The Bertz CT molecular complexity index is 600. The SMILES string of the molecule is Cc1cc(C)n(CCCC(=O)N2CCC3(CC2)CNC(=O)C3)n1. The van der Waals surface area contributed by atoms with Gasteiger partial charge >= 0.3 is 0 Å². The highest BCUT2D eigenvalue weighted by Crippen LogP contribution is 2.37. The lowest BCUT2D eigenvalue weighted by Crippen LogP contribution is -2.44. The van der Waals surface area contributed by atoms with Gasteiger partial charge in [0.05, 0.1) is 5.69 Å². The quantitative estimate of drug-likeness (QED) is 0.913. The molecule has 0 unspecified atom stereocenters. The topological polar surface area (TPSA) is 67.2 Å². The van der Waals surface area contributed by atoms with Crippen molar-refractivity contribution in [2.45, 2.75) is 52.5 Å². The van der Waals surface area contributed by atoms with E-state index in [-0.39, 0.29) is 17.2 Å². The fourth-order valence-electron chi connectivity index (χ4n) is 3.78. The lowest BCUT2D eigenvalue weighted by molar-refractivity contribution is -0.133. The van der Waals surface area contributed by atoms with E-state index in [1.165, 1.54) is 0 Å². The maximum Gasteiger partial charge on any atom is 0.222 e. The number of carbonyl (C=O) groups is 2. The normalized spacial score (nSPS) is 20.1. The predicted octanol–water partition coefficient (Wildman–Crippen LogP) is 1.41. The number of hydrogen-bond donors (Lipinski definition) is 1. The number of hydrogen-bond acceptors (Lipinski definition) is 3. The largest absolute Gasteiger partial charge is 0.356 e. The molecule has 2 fully saturated rings. The zero-order valence-electron chi connectivity index (χ0n) is 14.1. The number of nitrogens with zero attached hydrogens (tertiary/aromatic N) is 3. The van der Waals surface area contributed by atoms with Gasteiger partial charge in [0.25, 0.3) is 0 Å². The van der Waals surface area contributed by atoms with Gasteiger partial charge in [-0.15, -0.1) is 0 Å². The van der Waals surface area contributed by atoms with Crippen LogP contribution in [0.5, 0.6) is 0 Å². The molecule has 1 N–H and O–H groups in total. The molecular formula is C17H26N4O2. The van der Waals surface area contributed by atoms with Crippen molar-refractivity contribution in [3.05, 3.63) is 17.5 Å². The summed E-state index contributed by atoms with van der Waals surface area (Å²) in [6.07, 6.45) is 3.90. The van der Waals surface area contributed by atoms with Crippen LogP contribution in [0.2, 0.25) is 0 Å². The highest BCUT2D eigenvalue weighted by atomic mass is 16.2. The lowest BCUT2D eigenvalue weighted by Gasteiger charge is -2.38. The second-order valence-corrected chi connectivity index (χ2v) is 7.09. The van der Waals surface area contributed by atoms with Gasteiger partial charge in [0.1, 0.15) is 0 Å². The molecule has 0 bridgehead atoms. The summed E-state index contributed by atoms with van der Waals surface area (Å²) in [5.74, 6) is 0.397. The van der Waals surface area contributed by atoms with Crippen LogP contribution in [0.1, 0.15) is 43.5 Å². The van der Waals surface area contributed by atoms with Crippen LogP contribution in [0.3, 0.4) is 0 Å². The van der Waals surface area contributed by atoms with Crippen molar-refractivity contribution in [2.24, 2.45) is 5.41 Å². The van der Waals surface area contributed by atoms with Crippen LogP contribution in [0.25, 0.3) is 0 Å². The van der Waals surface area contributed by atoms with Gasteiger partial charge in [-0.05, 0) is 44.6 Å². The highest BCUT2D eigenvalue weighted by molar-refractivity contribution is 5.79. The Morgan fingerprint density at radius 2 is 2.09 bits per heavy atom. The maximum atomic E-state index is 12.4. The van der Waals surface area contributed by atoms with E-state index in [4.69, 9.17) is 0 Å². The van der Waals surface area contributed by atoms with Gasteiger partial charge in [0, 0.05) is 44.7 Å². The van der Waals surface area contributed by atoms with Gasteiger partial charge < -0.3 is 10.2 Å². The van der Waals surface area contributed by atoms with E-state index < -0.39 is 0 Å². The number of aryl methyl sites for hydroxylation is 3. The third kappa shape index (κ3) is 3.57. The van der Waals surface area contributed by atoms with Crippen LogP contribution in [-0.2, 0) is 16.1 Å². The average Bonchev–Trinajstić information content (AvgIpc) is 3.02. The lowest BCUT2D eigenvalue weighted by atomic mass is 9.77. The van der Waals surface area contributed by atoms with E-state index >= 15 is 0 Å². The average molecular weight is 318 g/mol. The molecule has 0 radical (unpaired) electrons. The van der Waals surface area contributed by atoms with Crippen molar-refractivity contribution >= 4 is 11.8 Å². The Labute approximate surface area is 137 Å². The van der Waals surface area contributed by atoms with Gasteiger partial charge in [-0.1, -0.05) is 0 Å². The Morgan fingerprint density at radius 3 is 2.65 bits per heavy atom. The second-order valence-electron chi connectivity index (χ2n) is 7.09.